The van der Waals surface area contributed by atoms with Gasteiger partial charge in [-0.15, -0.1) is 0 Å². The van der Waals surface area contributed by atoms with Crippen molar-refractivity contribution in [3.05, 3.63) is 33.9 Å². The third-order valence-corrected chi connectivity index (χ3v) is 3.48. The molecule has 0 atom stereocenters. The molecule has 0 radical (unpaired) electrons. The Labute approximate surface area is 97.6 Å². The monoisotopic (exact) mass is 240 g/mol. The molecular weight excluding hydrogens is 231 g/mol. The quantitative estimate of drug-likeness (QED) is 0.788. The first kappa shape index (κ1) is 9.52. The fourth-order valence-corrected chi connectivity index (χ4v) is 2.57. The van der Waals surface area contributed by atoms with Crippen LogP contribution in [0.15, 0.2) is 18.3 Å². The lowest BCUT2D eigenvalue weighted by Gasteiger charge is -2.26. The zero-order chi connectivity index (χ0) is 10.4. The number of hydrogen-bond acceptors (Lipinski definition) is 1. The zero-order valence-electron chi connectivity index (χ0n) is 7.98. The van der Waals surface area contributed by atoms with Crippen LogP contribution in [0.1, 0.15) is 11.5 Å². The van der Waals surface area contributed by atoms with Crippen molar-refractivity contribution in [1.82, 2.24) is 10.3 Å². The van der Waals surface area contributed by atoms with Crippen LogP contribution >= 0.6 is 23.2 Å². The average molecular weight is 241 g/mol. The topological polar surface area (TPSA) is 27.8 Å². The Kier molecular flexibility index (Phi) is 2.16. The lowest BCUT2D eigenvalue weighted by atomic mass is 9.93. The second-order valence-corrected chi connectivity index (χ2v) is 4.75. The molecule has 1 aromatic carbocycles. The first-order valence-corrected chi connectivity index (χ1v) is 5.68. The summed E-state index contributed by atoms with van der Waals surface area (Å²) in [6.07, 6.45) is 2.04. The minimum Gasteiger partial charge on any atom is -0.360 e. The smallest absolute Gasteiger partial charge is 0.0661 e. The van der Waals surface area contributed by atoms with Crippen molar-refractivity contribution in [2.45, 2.75) is 5.92 Å². The van der Waals surface area contributed by atoms with Crippen LogP contribution in [0.25, 0.3) is 10.9 Å². The van der Waals surface area contributed by atoms with Gasteiger partial charge in [0.1, 0.15) is 0 Å². The van der Waals surface area contributed by atoms with E-state index in [4.69, 9.17) is 23.2 Å². The van der Waals surface area contributed by atoms with E-state index in [1.54, 1.807) is 6.07 Å². The molecule has 0 aliphatic carbocycles. The van der Waals surface area contributed by atoms with Gasteiger partial charge in [0.05, 0.1) is 10.5 Å². The van der Waals surface area contributed by atoms with Gasteiger partial charge in [0.15, 0.2) is 0 Å². The van der Waals surface area contributed by atoms with E-state index in [9.17, 15) is 0 Å². The Morgan fingerprint density at radius 3 is 2.67 bits per heavy atom. The Bertz CT molecular complexity index is 515. The zero-order valence-corrected chi connectivity index (χ0v) is 9.49. The van der Waals surface area contributed by atoms with Crippen LogP contribution in [-0.4, -0.2) is 18.1 Å². The van der Waals surface area contributed by atoms with Gasteiger partial charge in [-0.2, -0.15) is 0 Å². The Balaban J connectivity index is 2.23. The number of benzene rings is 1. The summed E-state index contributed by atoms with van der Waals surface area (Å²) in [5, 5.41) is 5.80. The van der Waals surface area contributed by atoms with E-state index in [-0.39, 0.29) is 0 Å². The maximum atomic E-state index is 6.11. The summed E-state index contributed by atoms with van der Waals surface area (Å²) in [5.74, 6) is 0.591. The number of rotatable bonds is 1. The first-order chi connectivity index (χ1) is 7.25. The van der Waals surface area contributed by atoms with Gasteiger partial charge in [-0.25, -0.2) is 0 Å². The summed E-state index contributed by atoms with van der Waals surface area (Å²) in [7, 11) is 0. The molecule has 1 aliphatic heterocycles. The van der Waals surface area contributed by atoms with Crippen LogP contribution in [0.4, 0.5) is 0 Å². The predicted molar refractivity (Wildman–Crippen MR) is 63.9 cm³/mol. The molecule has 2 N–H and O–H groups in total. The van der Waals surface area contributed by atoms with Gasteiger partial charge in [-0.3, -0.25) is 0 Å². The highest BCUT2D eigenvalue weighted by Gasteiger charge is 2.22. The van der Waals surface area contributed by atoms with E-state index in [1.165, 1.54) is 5.56 Å². The third kappa shape index (κ3) is 1.44. The normalized spacial score (nSPS) is 16.9. The largest absolute Gasteiger partial charge is 0.360 e. The number of H-pyrrole nitrogens is 1. The SMILES string of the molecule is Clc1cc(Cl)c2[nH]cc(C3CNC3)c2c1. The van der Waals surface area contributed by atoms with Crippen LogP contribution in [0.3, 0.4) is 0 Å². The lowest BCUT2D eigenvalue weighted by Crippen LogP contribution is -2.39. The molecule has 0 amide bonds. The number of nitrogens with one attached hydrogen (secondary N) is 2. The van der Waals surface area contributed by atoms with E-state index < -0.39 is 0 Å². The van der Waals surface area contributed by atoms with Crippen molar-refractivity contribution in [3.8, 4) is 0 Å². The maximum Gasteiger partial charge on any atom is 0.0661 e. The summed E-state index contributed by atoms with van der Waals surface area (Å²) in [5.41, 5.74) is 2.30. The summed E-state index contributed by atoms with van der Waals surface area (Å²) in [6.45, 7) is 2.08. The molecular formula is C11H10Cl2N2. The van der Waals surface area contributed by atoms with E-state index in [2.05, 4.69) is 10.3 Å². The molecule has 2 heterocycles. The Morgan fingerprint density at radius 2 is 2.00 bits per heavy atom. The molecule has 4 heteroatoms. The second-order valence-electron chi connectivity index (χ2n) is 3.91. The van der Waals surface area contributed by atoms with Gasteiger partial charge in [0.2, 0.25) is 0 Å². The highest BCUT2D eigenvalue weighted by molar-refractivity contribution is 6.38. The molecule has 78 valence electrons. The molecule has 0 spiro atoms. The van der Waals surface area contributed by atoms with Crippen molar-refractivity contribution in [1.29, 1.82) is 0 Å². The Hall–Kier alpha value is -0.700. The molecule has 1 fully saturated rings. The van der Waals surface area contributed by atoms with Crippen LogP contribution < -0.4 is 5.32 Å². The van der Waals surface area contributed by atoms with Gasteiger partial charge in [0.25, 0.3) is 0 Å². The first-order valence-electron chi connectivity index (χ1n) is 4.92. The number of aromatic amines is 1. The van der Waals surface area contributed by atoms with Gasteiger partial charge in [-0.1, -0.05) is 23.2 Å². The summed E-state index contributed by atoms with van der Waals surface area (Å²) in [6, 6.07) is 3.75. The number of halogens is 2. The molecule has 2 aromatic rings. The second kappa shape index (κ2) is 3.41. The van der Waals surface area contributed by atoms with Crippen LogP contribution in [-0.2, 0) is 0 Å². The van der Waals surface area contributed by atoms with Crippen LogP contribution in [0, 0.1) is 0 Å². The highest BCUT2D eigenvalue weighted by atomic mass is 35.5. The molecule has 1 aromatic heterocycles. The molecule has 1 aliphatic rings. The van der Waals surface area contributed by atoms with Crippen LogP contribution in [0.2, 0.25) is 10.0 Å². The highest BCUT2D eigenvalue weighted by Crippen LogP contribution is 2.33. The van der Waals surface area contributed by atoms with E-state index in [0.29, 0.717) is 16.0 Å². The minimum absolute atomic E-state index is 0.591. The number of hydrogen-bond donors (Lipinski definition) is 2. The summed E-state index contributed by atoms with van der Waals surface area (Å²) >= 11 is 12.1. The molecule has 0 saturated carbocycles. The summed E-state index contributed by atoms with van der Waals surface area (Å²) < 4.78 is 0. The molecule has 0 bridgehead atoms. The van der Waals surface area contributed by atoms with Crippen molar-refractivity contribution in [2.24, 2.45) is 0 Å². The third-order valence-electron chi connectivity index (χ3n) is 2.96. The van der Waals surface area contributed by atoms with E-state index in [0.717, 1.165) is 24.0 Å². The van der Waals surface area contributed by atoms with Crippen LogP contribution in [0.5, 0.6) is 0 Å². The maximum absolute atomic E-state index is 6.11. The minimum atomic E-state index is 0.591. The average Bonchev–Trinajstić information content (AvgIpc) is 2.46. The van der Waals surface area contributed by atoms with Crippen molar-refractivity contribution < 1.29 is 0 Å². The van der Waals surface area contributed by atoms with Gasteiger partial charge in [0, 0.05) is 35.6 Å². The Morgan fingerprint density at radius 1 is 1.20 bits per heavy atom. The van der Waals surface area contributed by atoms with Crippen molar-refractivity contribution in [3.63, 3.8) is 0 Å². The number of aromatic nitrogens is 1. The van der Waals surface area contributed by atoms with E-state index in [1.807, 2.05) is 12.3 Å². The fourth-order valence-electron chi connectivity index (χ4n) is 2.02. The van der Waals surface area contributed by atoms with Gasteiger partial charge < -0.3 is 10.3 Å². The molecule has 0 unspecified atom stereocenters. The number of fused-ring (bicyclic) bond motifs is 1. The lowest BCUT2D eigenvalue weighted by molar-refractivity contribution is 0.451. The molecule has 3 rings (SSSR count). The van der Waals surface area contributed by atoms with Crippen molar-refractivity contribution in [2.75, 3.05) is 13.1 Å². The van der Waals surface area contributed by atoms with E-state index >= 15 is 0 Å². The van der Waals surface area contributed by atoms with Gasteiger partial charge in [-0.05, 0) is 17.7 Å². The molecule has 15 heavy (non-hydrogen) atoms. The van der Waals surface area contributed by atoms with Gasteiger partial charge >= 0.3 is 0 Å². The standard InChI is InChI=1S/C11H10Cl2N2/c12-7-1-8-9(6-3-14-4-6)5-15-11(8)10(13)2-7/h1-2,5-6,14-15H,3-4H2. The van der Waals surface area contributed by atoms with Crippen molar-refractivity contribution >= 4 is 34.1 Å². The molecule has 1 saturated heterocycles. The predicted octanol–water partition coefficient (Wildman–Crippen LogP) is 3.16. The molecule has 2 nitrogen and oxygen atoms in total. The fraction of sp³-hybridized carbons (Fsp3) is 0.273. The summed E-state index contributed by atoms with van der Waals surface area (Å²) in [4.78, 5) is 3.21.